The molecule has 0 radical (unpaired) electrons. The largest absolute Gasteiger partial charge is 0.493 e. The first-order chi connectivity index (χ1) is 18.5. The Morgan fingerprint density at radius 3 is 2.33 bits per heavy atom. The number of oxime groups is 1. The highest BCUT2D eigenvalue weighted by Gasteiger charge is 2.30. The van der Waals surface area contributed by atoms with Gasteiger partial charge < -0.3 is 25.2 Å². The summed E-state index contributed by atoms with van der Waals surface area (Å²) in [6.45, 7) is 2.29. The number of aromatic nitrogens is 1. The first-order valence-electron chi connectivity index (χ1n) is 11.8. The number of hydrogen-bond donors (Lipinski definition) is 2. The fourth-order valence-corrected chi connectivity index (χ4v) is 6.29. The molecule has 0 aliphatic carbocycles. The van der Waals surface area contributed by atoms with Gasteiger partial charge >= 0.3 is 10.1 Å². The van der Waals surface area contributed by atoms with Gasteiger partial charge in [0.25, 0.3) is 0 Å². The number of aryl methyl sites for hydroxylation is 1. The highest BCUT2D eigenvalue weighted by molar-refractivity contribution is 7.91. The quantitative estimate of drug-likeness (QED) is 0.0947. The Morgan fingerprint density at radius 2 is 1.64 bits per heavy atom. The number of likely N-dealkylation sites (N-methyl/N-ethyl adjacent to an activating group) is 1. The number of guanidine groups is 1. The maximum Gasteiger partial charge on any atom is 0.340 e. The first kappa shape index (κ1) is 29.7. The summed E-state index contributed by atoms with van der Waals surface area (Å²) in [4.78, 5) is 8.21. The van der Waals surface area contributed by atoms with Crippen LogP contribution in [0.1, 0.15) is 17.7 Å². The van der Waals surface area contributed by atoms with E-state index < -0.39 is 29.9 Å². The molecule has 0 spiro atoms. The molecular weight excluding hydrogens is 546 g/mol. The van der Waals surface area contributed by atoms with Crippen molar-refractivity contribution in [2.24, 2.45) is 16.6 Å². The van der Waals surface area contributed by atoms with Crippen molar-refractivity contribution in [3.8, 4) is 11.5 Å². The minimum atomic E-state index is -4.53. The number of rotatable bonds is 14. The third-order valence-corrected chi connectivity index (χ3v) is 8.62. The number of benzene rings is 2. The molecule has 0 fully saturated rings. The Balaban J connectivity index is 1.75. The van der Waals surface area contributed by atoms with Crippen molar-refractivity contribution in [3.05, 3.63) is 78.1 Å². The van der Waals surface area contributed by atoms with Crippen molar-refractivity contribution in [2.45, 2.75) is 29.6 Å². The van der Waals surface area contributed by atoms with Crippen LogP contribution in [0, 0.1) is 6.92 Å². The number of ether oxygens (including phenoxy) is 1. The Labute approximate surface area is 228 Å². The molecule has 0 saturated carbocycles. The standard InChI is InChI=1S/C25H31N5O7S2/c1-19-16-21(35-14-7-15-36-29-25(26)27)18-22(17-19)37-39(33,34)24-10-4-3-9-23(24)38(31,32)30(2)13-11-20-8-5-6-12-28-20/h3-6,8-10,12,16-18H,7,11,13-15H2,1-2H3,(H4,26,27,29). The van der Waals surface area contributed by atoms with E-state index in [0.29, 0.717) is 29.8 Å². The monoisotopic (exact) mass is 577 g/mol. The second kappa shape index (κ2) is 13.3. The predicted molar refractivity (Wildman–Crippen MR) is 145 cm³/mol. The average Bonchev–Trinajstić information content (AvgIpc) is 2.89. The Hall–Kier alpha value is -3.88. The van der Waals surface area contributed by atoms with Gasteiger partial charge in [-0.2, -0.15) is 8.42 Å². The van der Waals surface area contributed by atoms with Crippen molar-refractivity contribution >= 4 is 26.1 Å². The molecule has 2 aromatic carbocycles. The third-order valence-electron chi connectivity index (χ3n) is 5.26. The minimum Gasteiger partial charge on any atom is -0.493 e. The molecule has 12 nitrogen and oxygen atoms in total. The molecule has 0 bridgehead atoms. The van der Waals surface area contributed by atoms with E-state index in [1.807, 2.05) is 0 Å². The highest BCUT2D eigenvalue weighted by atomic mass is 32.2. The van der Waals surface area contributed by atoms with Gasteiger partial charge in [-0.25, -0.2) is 12.7 Å². The van der Waals surface area contributed by atoms with Crippen LogP contribution in [0.25, 0.3) is 0 Å². The topological polar surface area (TPSA) is 176 Å². The fourth-order valence-electron chi connectivity index (χ4n) is 3.43. The van der Waals surface area contributed by atoms with Gasteiger partial charge in [0.15, 0.2) is 0 Å². The van der Waals surface area contributed by atoms with Crippen LogP contribution in [0.15, 0.2) is 81.8 Å². The number of nitrogens with two attached hydrogens (primary N) is 2. The molecule has 0 aliphatic rings. The molecule has 0 unspecified atom stereocenters. The summed E-state index contributed by atoms with van der Waals surface area (Å²) in [6.07, 6.45) is 2.43. The molecule has 210 valence electrons. The molecule has 4 N–H and O–H groups in total. The number of nitrogens with zero attached hydrogens (tertiary/aromatic N) is 3. The summed E-state index contributed by atoms with van der Waals surface area (Å²) in [5, 5.41) is 3.41. The van der Waals surface area contributed by atoms with E-state index in [4.69, 9.17) is 25.2 Å². The van der Waals surface area contributed by atoms with E-state index in [9.17, 15) is 16.8 Å². The van der Waals surface area contributed by atoms with Gasteiger partial charge in [0.05, 0.1) is 6.61 Å². The molecule has 3 aromatic rings. The van der Waals surface area contributed by atoms with Crippen LogP contribution < -0.4 is 20.4 Å². The Morgan fingerprint density at radius 1 is 0.949 bits per heavy atom. The number of pyridine rings is 1. The van der Waals surface area contributed by atoms with Crippen LogP contribution in [-0.2, 0) is 31.4 Å². The fraction of sp³-hybridized carbons (Fsp3) is 0.280. The predicted octanol–water partition coefficient (Wildman–Crippen LogP) is 1.99. The van der Waals surface area contributed by atoms with E-state index >= 15 is 0 Å². The van der Waals surface area contributed by atoms with Crippen LogP contribution in [-0.4, -0.2) is 58.9 Å². The average molecular weight is 578 g/mol. The maximum absolute atomic E-state index is 13.3. The van der Waals surface area contributed by atoms with Crippen molar-refractivity contribution < 1.29 is 30.6 Å². The SMILES string of the molecule is Cc1cc(OCCCON=C(N)N)cc(OS(=O)(=O)c2ccccc2S(=O)(=O)N(C)CCc2ccccn2)c1. The van der Waals surface area contributed by atoms with Gasteiger partial charge in [-0.3, -0.25) is 4.98 Å². The molecule has 0 atom stereocenters. The number of sulfonamides is 1. The van der Waals surface area contributed by atoms with Gasteiger partial charge in [0.1, 0.15) is 27.9 Å². The van der Waals surface area contributed by atoms with E-state index in [0.717, 1.165) is 4.31 Å². The van der Waals surface area contributed by atoms with Crippen LogP contribution in [0.3, 0.4) is 0 Å². The van der Waals surface area contributed by atoms with Crippen molar-refractivity contribution in [3.63, 3.8) is 0 Å². The lowest BCUT2D eigenvalue weighted by Gasteiger charge is -2.19. The van der Waals surface area contributed by atoms with Crippen molar-refractivity contribution in [1.82, 2.24) is 9.29 Å². The molecule has 14 heteroatoms. The second-order valence-electron chi connectivity index (χ2n) is 8.42. The van der Waals surface area contributed by atoms with E-state index in [1.165, 1.54) is 43.4 Å². The molecule has 1 heterocycles. The van der Waals surface area contributed by atoms with E-state index in [2.05, 4.69) is 10.1 Å². The van der Waals surface area contributed by atoms with Gasteiger partial charge in [0, 0.05) is 44.4 Å². The Kier molecular flexibility index (Phi) is 10.1. The van der Waals surface area contributed by atoms with E-state index in [1.54, 1.807) is 37.4 Å². The van der Waals surface area contributed by atoms with E-state index in [-0.39, 0.29) is 31.5 Å². The Bertz CT molecular complexity index is 1490. The molecule has 1 aromatic heterocycles. The summed E-state index contributed by atoms with van der Waals surface area (Å²) in [6, 6.07) is 15.3. The first-order valence-corrected chi connectivity index (χ1v) is 14.7. The zero-order chi connectivity index (χ0) is 28.5. The highest BCUT2D eigenvalue weighted by Crippen LogP contribution is 2.29. The smallest absolute Gasteiger partial charge is 0.340 e. The van der Waals surface area contributed by atoms with Crippen LogP contribution in [0.2, 0.25) is 0 Å². The van der Waals surface area contributed by atoms with Crippen LogP contribution in [0.5, 0.6) is 11.5 Å². The molecule has 39 heavy (non-hydrogen) atoms. The molecular formula is C25H31N5O7S2. The molecule has 0 saturated heterocycles. The normalized spacial score (nSPS) is 11.7. The zero-order valence-corrected chi connectivity index (χ0v) is 23.2. The minimum absolute atomic E-state index is 0.0301. The summed E-state index contributed by atoms with van der Waals surface area (Å²) in [5.74, 6) is 0.137. The maximum atomic E-state index is 13.3. The van der Waals surface area contributed by atoms with Crippen LogP contribution in [0.4, 0.5) is 0 Å². The van der Waals surface area contributed by atoms with Crippen LogP contribution >= 0.6 is 0 Å². The third kappa shape index (κ3) is 8.56. The molecule has 0 aliphatic heterocycles. The molecule has 0 amide bonds. The summed E-state index contributed by atoms with van der Waals surface area (Å²) < 4.78 is 65.3. The number of hydrogen-bond acceptors (Lipinski definition) is 9. The second-order valence-corrected chi connectivity index (χ2v) is 11.9. The van der Waals surface area contributed by atoms with Gasteiger partial charge in [-0.1, -0.05) is 18.2 Å². The van der Waals surface area contributed by atoms with Crippen molar-refractivity contribution in [1.29, 1.82) is 0 Å². The zero-order valence-electron chi connectivity index (χ0n) is 21.6. The van der Waals surface area contributed by atoms with Gasteiger partial charge in [-0.05, 0) is 54.0 Å². The summed E-state index contributed by atoms with van der Waals surface area (Å²) in [7, 11) is -7.32. The van der Waals surface area contributed by atoms with Gasteiger partial charge in [-0.15, -0.1) is 0 Å². The lowest BCUT2D eigenvalue weighted by Crippen LogP contribution is -2.30. The van der Waals surface area contributed by atoms with Crippen molar-refractivity contribution in [2.75, 3.05) is 26.8 Å². The van der Waals surface area contributed by atoms with Gasteiger partial charge in [0.2, 0.25) is 16.0 Å². The lowest BCUT2D eigenvalue weighted by molar-refractivity contribution is 0.127. The molecule has 3 rings (SSSR count). The summed E-state index contributed by atoms with van der Waals surface area (Å²) >= 11 is 0. The summed E-state index contributed by atoms with van der Waals surface area (Å²) in [5.41, 5.74) is 11.7. The lowest BCUT2D eigenvalue weighted by atomic mass is 10.2.